The number of Topliss-reactive ketones (excluding diaryl/α,β-unsaturated/α-hetero) is 2. The van der Waals surface area contributed by atoms with Gasteiger partial charge in [0.15, 0.2) is 11.6 Å². The number of benzene rings is 1. The molecule has 0 aromatic heterocycles. The zero-order valence-electron chi connectivity index (χ0n) is 10.7. The molecule has 2 heteroatoms. The van der Waals surface area contributed by atoms with Gasteiger partial charge in [-0.3, -0.25) is 9.59 Å². The van der Waals surface area contributed by atoms with E-state index in [0.29, 0.717) is 11.1 Å². The molecule has 0 aliphatic heterocycles. The maximum absolute atomic E-state index is 12.0. The summed E-state index contributed by atoms with van der Waals surface area (Å²) in [6.45, 7) is 0. The highest BCUT2D eigenvalue weighted by atomic mass is 16.1. The van der Waals surface area contributed by atoms with Crippen LogP contribution in [0, 0.1) is 0 Å². The summed E-state index contributed by atoms with van der Waals surface area (Å²) in [5.74, 6) is 0.0368. The number of carbonyl (C=O) groups excluding carboxylic acids is 2. The van der Waals surface area contributed by atoms with Crippen LogP contribution in [0.3, 0.4) is 0 Å². The van der Waals surface area contributed by atoms with Crippen molar-refractivity contribution in [1.82, 2.24) is 0 Å². The Kier molecular flexibility index (Phi) is 4.62. The molecule has 1 aromatic rings. The first-order chi connectivity index (χ1) is 9.27. The van der Waals surface area contributed by atoms with Crippen molar-refractivity contribution in [3.8, 4) is 0 Å². The summed E-state index contributed by atoms with van der Waals surface area (Å²) in [5.41, 5.74) is 1.34. The Morgan fingerprint density at radius 3 is 2.47 bits per heavy atom. The van der Waals surface area contributed by atoms with Gasteiger partial charge in [-0.2, -0.15) is 0 Å². The molecule has 1 aliphatic rings. The lowest BCUT2D eigenvalue weighted by atomic mass is 10.0. The van der Waals surface area contributed by atoms with Gasteiger partial charge in [-0.25, -0.2) is 0 Å². The molecule has 0 N–H and O–H groups in total. The van der Waals surface area contributed by atoms with Gasteiger partial charge in [0.25, 0.3) is 0 Å². The molecule has 0 saturated heterocycles. The molecule has 2 nitrogen and oxygen atoms in total. The highest BCUT2D eigenvalue weighted by molar-refractivity contribution is 6.03. The Balaban J connectivity index is 1.92. The van der Waals surface area contributed by atoms with E-state index in [4.69, 9.17) is 0 Å². The number of allylic oxidation sites excluding steroid dienone is 6. The number of hydrogen-bond donors (Lipinski definition) is 0. The Bertz CT molecular complexity index is 548. The maximum Gasteiger partial charge on any atom is 0.163 e. The van der Waals surface area contributed by atoms with Gasteiger partial charge in [-0.1, -0.05) is 60.7 Å². The molecular formula is C17H16O2. The summed E-state index contributed by atoms with van der Waals surface area (Å²) in [4.78, 5) is 23.9. The molecule has 0 saturated carbocycles. The highest BCUT2D eigenvalue weighted by Crippen LogP contribution is 2.11. The van der Waals surface area contributed by atoms with E-state index >= 15 is 0 Å². The number of rotatable bonds is 5. The Morgan fingerprint density at radius 2 is 1.68 bits per heavy atom. The molecule has 0 spiro atoms. The van der Waals surface area contributed by atoms with Crippen molar-refractivity contribution in [1.29, 1.82) is 0 Å². The Hall–Kier alpha value is -2.22. The van der Waals surface area contributed by atoms with Crippen LogP contribution in [0.1, 0.15) is 29.6 Å². The van der Waals surface area contributed by atoms with Crippen LogP contribution in [0.4, 0.5) is 0 Å². The van der Waals surface area contributed by atoms with Crippen LogP contribution in [-0.4, -0.2) is 11.6 Å². The summed E-state index contributed by atoms with van der Waals surface area (Å²) in [5, 5.41) is 0. The minimum Gasteiger partial charge on any atom is -0.294 e. The fraction of sp³-hybridized carbons (Fsp3) is 0.176. The van der Waals surface area contributed by atoms with Gasteiger partial charge >= 0.3 is 0 Å². The second-order valence-electron chi connectivity index (χ2n) is 4.40. The van der Waals surface area contributed by atoms with Crippen molar-refractivity contribution in [3.63, 3.8) is 0 Å². The van der Waals surface area contributed by atoms with E-state index in [2.05, 4.69) is 0 Å². The van der Waals surface area contributed by atoms with Crippen molar-refractivity contribution in [2.24, 2.45) is 0 Å². The van der Waals surface area contributed by atoms with Crippen molar-refractivity contribution >= 4 is 11.6 Å². The first-order valence-corrected chi connectivity index (χ1v) is 6.42. The molecule has 0 atom stereocenters. The molecule has 19 heavy (non-hydrogen) atoms. The van der Waals surface area contributed by atoms with Crippen LogP contribution >= 0.6 is 0 Å². The SMILES string of the molecule is O=C(CCC(=O)c1ccccc1)C1=CC=CCC=C1. The fourth-order valence-corrected chi connectivity index (χ4v) is 1.91. The van der Waals surface area contributed by atoms with Gasteiger partial charge in [0.1, 0.15) is 0 Å². The van der Waals surface area contributed by atoms with Crippen molar-refractivity contribution in [3.05, 3.63) is 71.8 Å². The summed E-state index contributed by atoms with van der Waals surface area (Å²) >= 11 is 0. The van der Waals surface area contributed by atoms with Crippen molar-refractivity contribution in [2.75, 3.05) is 0 Å². The predicted octanol–water partition coefficient (Wildman–Crippen LogP) is 3.66. The predicted molar refractivity (Wildman–Crippen MR) is 76.0 cm³/mol. The molecule has 0 amide bonds. The number of ketones is 2. The van der Waals surface area contributed by atoms with Gasteiger partial charge in [0.05, 0.1) is 0 Å². The first-order valence-electron chi connectivity index (χ1n) is 6.42. The molecule has 0 fully saturated rings. The first kappa shape index (κ1) is 13.2. The number of carbonyl (C=O) groups is 2. The third-order valence-electron chi connectivity index (χ3n) is 2.98. The van der Waals surface area contributed by atoms with Crippen molar-refractivity contribution < 1.29 is 9.59 Å². The minimum atomic E-state index is 0.0164. The third kappa shape index (κ3) is 3.88. The van der Waals surface area contributed by atoms with E-state index < -0.39 is 0 Å². The van der Waals surface area contributed by atoms with Gasteiger partial charge in [0, 0.05) is 24.0 Å². The van der Waals surface area contributed by atoms with E-state index in [1.165, 1.54) is 0 Å². The van der Waals surface area contributed by atoms with Gasteiger partial charge < -0.3 is 0 Å². The molecule has 0 heterocycles. The van der Waals surface area contributed by atoms with Crippen molar-refractivity contribution in [2.45, 2.75) is 19.3 Å². The van der Waals surface area contributed by atoms with Crippen LogP contribution < -0.4 is 0 Å². The van der Waals surface area contributed by atoms with Gasteiger partial charge in [-0.05, 0) is 6.42 Å². The normalized spacial score (nSPS) is 13.8. The quantitative estimate of drug-likeness (QED) is 0.749. The van der Waals surface area contributed by atoms with Gasteiger partial charge in [-0.15, -0.1) is 0 Å². The smallest absolute Gasteiger partial charge is 0.163 e. The molecule has 0 unspecified atom stereocenters. The molecule has 1 aliphatic carbocycles. The number of hydrogen-bond acceptors (Lipinski definition) is 2. The molecular weight excluding hydrogens is 236 g/mol. The van der Waals surface area contributed by atoms with Crippen LogP contribution in [0.2, 0.25) is 0 Å². The van der Waals surface area contributed by atoms with E-state index in [1.807, 2.05) is 42.5 Å². The maximum atomic E-state index is 12.0. The van der Waals surface area contributed by atoms with E-state index in [9.17, 15) is 9.59 Å². The highest BCUT2D eigenvalue weighted by Gasteiger charge is 2.11. The van der Waals surface area contributed by atoms with Crippen LogP contribution in [0.15, 0.2) is 66.3 Å². The topological polar surface area (TPSA) is 34.1 Å². The Morgan fingerprint density at radius 1 is 0.947 bits per heavy atom. The average molecular weight is 252 g/mol. The zero-order chi connectivity index (χ0) is 13.5. The largest absolute Gasteiger partial charge is 0.294 e. The third-order valence-corrected chi connectivity index (χ3v) is 2.98. The fourth-order valence-electron chi connectivity index (χ4n) is 1.91. The van der Waals surface area contributed by atoms with Crippen LogP contribution in [0.25, 0.3) is 0 Å². The van der Waals surface area contributed by atoms with Gasteiger partial charge in [0.2, 0.25) is 0 Å². The minimum absolute atomic E-state index is 0.0164. The summed E-state index contributed by atoms with van der Waals surface area (Å²) in [6, 6.07) is 9.09. The lowest BCUT2D eigenvalue weighted by Gasteiger charge is -2.01. The zero-order valence-corrected chi connectivity index (χ0v) is 10.7. The Labute approximate surface area is 113 Å². The van der Waals surface area contributed by atoms with E-state index in [-0.39, 0.29) is 24.4 Å². The molecule has 2 rings (SSSR count). The second kappa shape index (κ2) is 6.64. The van der Waals surface area contributed by atoms with Crippen LogP contribution in [-0.2, 0) is 4.79 Å². The standard InChI is InChI=1S/C17H16O2/c18-16(14-8-4-1-2-5-9-14)12-13-17(19)15-10-6-3-7-11-15/h1,3-11H,2,12-13H2. The average Bonchev–Trinajstić information content (AvgIpc) is 2.74. The second-order valence-corrected chi connectivity index (χ2v) is 4.40. The summed E-state index contributed by atoms with van der Waals surface area (Å²) < 4.78 is 0. The van der Waals surface area contributed by atoms with E-state index in [0.717, 1.165) is 6.42 Å². The lowest BCUT2D eigenvalue weighted by Crippen LogP contribution is -2.06. The summed E-state index contributed by atoms with van der Waals surface area (Å²) in [6.07, 6.45) is 10.8. The summed E-state index contributed by atoms with van der Waals surface area (Å²) in [7, 11) is 0. The molecule has 0 radical (unpaired) electrons. The molecule has 0 bridgehead atoms. The van der Waals surface area contributed by atoms with Crippen LogP contribution in [0.5, 0.6) is 0 Å². The van der Waals surface area contributed by atoms with E-state index in [1.54, 1.807) is 18.2 Å². The molecule has 1 aromatic carbocycles. The molecule has 96 valence electrons. The lowest BCUT2D eigenvalue weighted by molar-refractivity contribution is -0.115. The monoisotopic (exact) mass is 252 g/mol.